The van der Waals surface area contributed by atoms with E-state index in [0.717, 1.165) is 32.4 Å². The van der Waals surface area contributed by atoms with Crippen LogP contribution in [0.5, 0.6) is 0 Å². The Bertz CT molecular complexity index is 472. The van der Waals surface area contributed by atoms with Crippen LogP contribution in [0.2, 0.25) is 0 Å². The maximum absolute atomic E-state index is 12.6. The van der Waals surface area contributed by atoms with Crippen LogP contribution in [0.25, 0.3) is 0 Å². The molecule has 1 amide bonds. The van der Waals surface area contributed by atoms with Gasteiger partial charge >= 0.3 is 0 Å². The highest BCUT2D eigenvalue weighted by Crippen LogP contribution is 2.17. The number of aryl methyl sites for hydroxylation is 1. The minimum atomic E-state index is 0.152. The van der Waals surface area contributed by atoms with Gasteiger partial charge in [0.25, 0.3) is 0 Å². The SMILES string of the molecule is CCCN(Cc1ccc(C)cc1)C(=O)CN1CCC[C@@H]1CO. The first kappa shape index (κ1) is 17.0. The Labute approximate surface area is 133 Å². The molecular weight excluding hydrogens is 276 g/mol. The van der Waals surface area contributed by atoms with E-state index >= 15 is 0 Å². The fourth-order valence-electron chi connectivity index (χ4n) is 3.06. The molecule has 1 heterocycles. The summed E-state index contributed by atoms with van der Waals surface area (Å²) in [5, 5.41) is 9.39. The van der Waals surface area contributed by atoms with Gasteiger partial charge in [0.15, 0.2) is 0 Å². The van der Waals surface area contributed by atoms with Crippen LogP contribution < -0.4 is 0 Å². The zero-order valence-corrected chi connectivity index (χ0v) is 13.8. The van der Waals surface area contributed by atoms with Crippen molar-refractivity contribution in [2.75, 3.05) is 26.2 Å². The third-order valence-electron chi connectivity index (χ3n) is 4.39. The van der Waals surface area contributed by atoms with E-state index in [9.17, 15) is 9.90 Å². The number of amides is 1. The molecule has 4 heteroatoms. The van der Waals surface area contributed by atoms with Gasteiger partial charge in [-0.2, -0.15) is 0 Å². The van der Waals surface area contributed by atoms with Gasteiger partial charge in [-0.05, 0) is 38.3 Å². The molecule has 0 unspecified atom stereocenters. The Morgan fingerprint density at radius 1 is 1.36 bits per heavy atom. The van der Waals surface area contributed by atoms with E-state index in [-0.39, 0.29) is 18.6 Å². The van der Waals surface area contributed by atoms with Crippen LogP contribution in [0.15, 0.2) is 24.3 Å². The third kappa shape index (κ3) is 4.55. The Hall–Kier alpha value is -1.39. The summed E-state index contributed by atoms with van der Waals surface area (Å²) in [6, 6.07) is 8.53. The molecule has 1 saturated heterocycles. The van der Waals surface area contributed by atoms with Crippen LogP contribution in [-0.4, -0.2) is 53.1 Å². The zero-order chi connectivity index (χ0) is 15.9. The number of nitrogens with zero attached hydrogens (tertiary/aromatic N) is 2. The number of carbonyl (C=O) groups is 1. The summed E-state index contributed by atoms with van der Waals surface area (Å²) in [5.74, 6) is 0.169. The number of aliphatic hydroxyl groups excluding tert-OH is 1. The Morgan fingerprint density at radius 3 is 2.73 bits per heavy atom. The van der Waals surface area contributed by atoms with E-state index in [1.807, 2.05) is 4.90 Å². The second kappa shape index (κ2) is 8.30. The Balaban J connectivity index is 1.97. The fraction of sp³-hybridized carbons (Fsp3) is 0.611. The van der Waals surface area contributed by atoms with Crippen molar-refractivity contribution in [3.05, 3.63) is 35.4 Å². The second-order valence-corrected chi connectivity index (χ2v) is 6.25. The summed E-state index contributed by atoms with van der Waals surface area (Å²) in [6.45, 7) is 7.12. The molecule has 0 bridgehead atoms. The standard InChI is InChI=1S/C18H28N2O2/c1-3-10-20(12-16-8-6-15(2)7-9-16)18(22)13-19-11-4-5-17(19)14-21/h6-9,17,21H,3-5,10-14H2,1-2H3/t17-/m1/s1. The quantitative estimate of drug-likeness (QED) is 0.840. The van der Waals surface area contributed by atoms with E-state index in [1.54, 1.807) is 0 Å². The molecule has 0 aliphatic carbocycles. The topological polar surface area (TPSA) is 43.8 Å². The molecule has 1 aromatic carbocycles. The number of carbonyl (C=O) groups excluding carboxylic acids is 1. The predicted octanol–water partition coefficient (Wildman–Crippen LogP) is 2.19. The molecule has 22 heavy (non-hydrogen) atoms. The summed E-state index contributed by atoms with van der Waals surface area (Å²) in [5.41, 5.74) is 2.41. The molecule has 0 radical (unpaired) electrons. The highest BCUT2D eigenvalue weighted by molar-refractivity contribution is 5.78. The van der Waals surface area contributed by atoms with Crippen LogP contribution in [0.4, 0.5) is 0 Å². The summed E-state index contributed by atoms with van der Waals surface area (Å²) < 4.78 is 0. The largest absolute Gasteiger partial charge is 0.395 e. The van der Waals surface area contributed by atoms with Gasteiger partial charge in [0, 0.05) is 19.1 Å². The van der Waals surface area contributed by atoms with Gasteiger partial charge in [-0.25, -0.2) is 0 Å². The van der Waals surface area contributed by atoms with Crippen molar-refractivity contribution in [3.8, 4) is 0 Å². The minimum absolute atomic E-state index is 0.152. The van der Waals surface area contributed by atoms with Crippen LogP contribution in [0, 0.1) is 6.92 Å². The highest BCUT2D eigenvalue weighted by atomic mass is 16.3. The molecule has 1 aromatic rings. The van der Waals surface area contributed by atoms with Crippen molar-refractivity contribution >= 4 is 5.91 Å². The molecule has 1 aliphatic rings. The molecule has 122 valence electrons. The van der Waals surface area contributed by atoms with Crippen LogP contribution in [0.3, 0.4) is 0 Å². The fourth-order valence-corrected chi connectivity index (χ4v) is 3.06. The average molecular weight is 304 g/mol. The summed E-state index contributed by atoms with van der Waals surface area (Å²) >= 11 is 0. The predicted molar refractivity (Wildman–Crippen MR) is 88.6 cm³/mol. The summed E-state index contributed by atoms with van der Waals surface area (Å²) in [4.78, 5) is 16.7. The lowest BCUT2D eigenvalue weighted by Gasteiger charge is -2.27. The van der Waals surface area contributed by atoms with E-state index in [4.69, 9.17) is 0 Å². The number of likely N-dealkylation sites (tertiary alicyclic amines) is 1. The molecule has 1 atom stereocenters. The highest BCUT2D eigenvalue weighted by Gasteiger charge is 2.27. The van der Waals surface area contributed by atoms with Gasteiger partial charge in [0.05, 0.1) is 13.2 Å². The second-order valence-electron chi connectivity index (χ2n) is 6.25. The van der Waals surface area contributed by atoms with Crippen LogP contribution in [0.1, 0.15) is 37.3 Å². The molecule has 1 aliphatic heterocycles. The molecule has 1 N–H and O–H groups in total. The van der Waals surface area contributed by atoms with Gasteiger partial charge in [0.1, 0.15) is 0 Å². The van der Waals surface area contributed by atoms with E-state index in [0.29, 0.717) is 13.1 Å². The van der Waals surface area contributed by atoms with Crippen molar-refractivity contribution < 1.29 is 9.90 Å². The molecule has 4 nitrogen and oxygen atoms in total. The molecule has 0 saturated carbocycles. The first-order chi connectivity index (χ1) is 10.6. The number of rotatable bonds is 7. The van der Waals surface area contributed by atoms with Gasteiger partial charge < -0.3 is 10.0 Å². The normalized spacial score (nSPS) is 18.6. The van der Waals surface area contributed by atoms with Gasteiger partial charge in [0.2, 0.25) is 5.91 Å². The molecule has 2 rings (SSSR count). The van der Waals surface area contributed by atoms with Crippen molar-refractivity contribution in [2.24, 2.45) is 0 Å². The number of hydrogen-bond donors (Lipinski definition) is 1. The van der Waals surface area contributed by atoms with Gasteiger partial charge in [-0.1, -0.05) is 36.8 Å². The van der Waals surface area contributed by atoms with Crippen LogP contribution >= 0.6 is 0 Å². The Kier molecular flexibility index (Phi) is 6.40. The lowest BCUT2D eigenvalue weighted by molar-refractivity contribution is -0.133. The van der Waals surface area contributed by atoms with E-state index < -0.39 is 0 Å². The molecule has 1 fully saturated rings. The maximum Gasteiger partial charge on any atom is 0.237 e. The van der Waals surface area contributed by atoms with Gasteiger partial charge in [-0.15, -0.1) is 0 Å². The van der Waals surface area contributed by atoms with E-state index in [1.165, 1.54) is 11.1 Å². The van der Waals surface area contributed by atoms with Crippen molar-refractivity contribution in [1.82, 2.24) is 9.80 Å². The summed E-state index contributed by atoms with van der Waals surface area (Å²) in [7, 11) is 0. The van der Waals surface area contributed by atoms with Crippen molar-refractivity contribution in [1.29, 1.82) is 0 Å². The smallest absolute Gasteiger partial charge is 0.237 e. The molecule has 0 aromatic heterocycles. The average Bonchev–Trinajstić information content (AvgIpc) is 2.96. The number of aliphatic hydroxyl groups is 1. The zero-order valence-electron chi connectivity index (χ0n) is 13.8. The first-order valence-corrected chi connectivity index (χ1v) is 8.32. The lowest BCUT2D eigenvalue weighted by atomic mass is 10.1. The lowest BCUT2D eigenvalue weighted by Crippen LogP contribution is -2.43. The Morgan fingerprint density at radius 2 is 2.09 bits per heavy atom. The minimum Gasteiger partial charge on any atom is -0.395 e. The van der Waals surface area contributed by atoms with E-state index in [2.05, 4.69) is 43.0 Å². The summed E-state index contributed by atoms with van der Waals surface area (Å²) in [6.07, 6.45) is 3.03. The molecular formula is C18H28N2O2. The number of benzene rings is 1. The molecule has 0 spiro atoms. The maximum atomic E-state index is 12.6. The van der Waals surface area contributed by atoms with Gasteiger partial charge in [-0.3, -0.25) is 9.69 Å². The van der Waals surface area contributed by atoms with Crippen molar-refractivity contribution in [2.45, 2.75) is 45.7 Å². The monoisotopic (exact) mass is 304 g/mol. The van der Waals surface area contributed by atoms with Crippen LogP contribution in [-0.2, 0) is 11.3 Å². The number of hydrogen-bond acceptors (Lipinski definition) is 3. The van der Waals surface area contributed by atoms with Crippen molar-refractivity contribution in [3.63, 3.8) is 0 Å². The third-order valence-corrected chi connectivity index (χ3v) is 4.39. The first-order valence-electron chi connectivity index (χ1n) is 8.32.